The molecular formula is C27H37NO3. The summed E-state index contributed by atoms with van der Waals surface area (Å²) in [6, 6.07) is 0.236. The molecule has 4 heteroatoms. The Bertz CT molecular complexity index is 909. The molecular weight excluding hydrogens is 386 g/mol. The van der Waals surface area contributed by atoms with Gasteiger partial charge in [-0.25, -0.2) is 4.79 Å². The van der Waals surface area contributed by atoms with Crippen LogP contribution in [0, 0.1) is 11.8 Å². The van der Waals surface area contributed by atoms with E-state index < -0.39 is 17.7 Å². The van der Waals surface area contributed by atoms with Crippen LogP contribution >= 0.6 is 0 Å². The van der Waals surface area contributed by atoms with Crippen LogP contribution in [0.1, 0.15) is 79.6 Å². The quantitative estimate of drug-likeness (QED) is 0.548. The summed E-state index contributed by atoms with van der Waals surface area (Å²) >= 11 is 0. The van der Waals surface area contributed by atoms with Crippen molar-refractivity contribution in [2.75, 3.05) is 0 Å². The topological polar surface area (TPSA) is 58.9 Å². The summed E-state index contributed by atoms with van der Waals surface area (Å²) in [6.45, 7) is 9.89. The van der Waals surface area contributed by atoms with E-state index in [2.05, 4.69) is 25.2 Å². The number of dihydropyridines is 1. The van der Waals surface area contributed by atoms with E-state index in [9.17, 15) is 9.90 Å². The number of hydrogen-bond donors (Lipinski definition) is 1. The molecule has 0 spiro atoms. The molecule has 1 heterocycles. The molecule has 4 unspecified atom stereocenters. The van der Waals surface area contributed by atoms with Gasteiger partial charge in [-0.15, -0.1) is 0 Å². The minimum Gasteiger partial charge on any atom is -0.479 e. The van der Waals surface area contributed by atoms with E-state index in [1.165, 1.54) is 36.8 Å². The number of carboxylic acids is 1. The molecule has 0 saturated carbocycles. The van der Waals surface area contributed by atoms with Crippen LogP contribution in [0.5, 0.6) is 0 Å². The molecule has 0 radical (unpaired) electrons. The smallest absolute Gasteiger partial charge is 0.337 e. The average molecular weight is 424 g/mol. The van der Waals surface area contributed by atoms with Gasteiger partial charge in [-0.1, -0.05) is 34.9 Å². The van der Waals surface area contributed by atoms with Crippen molar-refractivity contribution >= 4 is 11.7 Å². The minimum atomic E-state index is -0.984. The summed E-state index contributed by atoms with van der Waals surface area (Å²) in [5, 5.41) is 10.2. The Kier molecular flexibility index (Phi) is 6.13. The number of rotatable bonds is 4. The van der Waals surface area contributed by atoms with Crippen molar-refractivity contribution in [2.24, 2.45) is 16.8 Å². The van der Waals surface area contributed by atoms with E-state index in [4.69, 9.17) is 9.73 Å². The van der Waals surface area contributed by atoms with Crippen molar-refractivity contribution in [3.63, 3.8) is 0 Å². The Hall–Kier alpha value is -1.94. The van der Waals surface area contributed by atoms with E-state index in [1.807, 2.05) is 27.7 Å². The van der Waals surface area contributed by atoms with Crippen molar-refractivity contribution < 1.29 is 14.6 Å². The van der Waals surface area contributed by atoms with Gasteiger partial charge >= 0.3 is 5.97 Å². The molecule has 0 amide bonds. The Labute approximate surface area is 186 Å². The second-order valence-corrected chi connectivity index (χ2v) is 10.7. The Balaban J connectivity index is 1.83. The summed E-state index contributed by atoms with van der Waals surface area (Å²) in [4.78, 5) is 17.5. The van der Waals surface area contributed by atoms with Crippen molar-refractivity contribution in [2.45, 2.75) is 97.3 Å². The number of aliphatic carboxylic acids is 1. The van der Waals surface area contributed by atoms with Gasteiger partial charge in [0.25, 0.3) is 0 Å². The maximum Gasteiger partial charge on any atom is 0.337 e. The van der Waals surface area contributed by atoms with Crippen LogP contribution in [0.15, 0.2) is 51.1 Å². The maximum atomic E-state index is 12.4. The van der Waals surface area contributed by atoms with Gasteiger partial charge in [-0.2, -0.15) is 0 Å². The summed E-state index contributed by atoms with van der Waals surface area (Å²) in [6.07, 6.45) is 13.7. The molecule has 4 aliphatic rings. The van der Waals surface area contributed by atoms with Crippen molar-refractivity contribution in [1.82, 2.24) is 0 Å². The van der Waals surface area contributed by atoms with Crippen molar-refractivity contribution in [3.8, 4) is 0 Å². The third kappa shape index (κ3) is 4.64. The number of allylic oxidation sites excluding steroid dienone is 5. The first-order valence-corrected chi connectivity index (χ1v) is 11.9. The number of aliphatic imine (C=N–C) groups is 1. The van der Waals surface area contributed by atoms with Crippen LogP contribution in [0.4, 0.5) is 0 Å². The Morgan fingerprint density at radius 1 is 1.16 bits per heavy atom. The molecule has 4 rings (SSSR count). The lowest BCUT2D eigenvalue weighted by Crippen LogP contribution is -2.43. The van der Waals surface area contributed by atoms with Gasteiger partial charge in [0, 0.05) is 23.1 Å². The summed E-state index contributed by atoms with van der Waals surface area (Å²) in [5.41, 5.74) is 6.92. The fourth-order valence-electron chi connectivity index (χ4n) is 5.86. The zero-order valence-corrected chi connectivity index (χ0v) is 19.7. The first kappa shape index (κ1) is 22.3. The number of ether oxygens (including phenoxy) is 1. The SMILES string of the molecule is CC1=CCC(C2=C(C(OC(C)(C)C)C(=O)O)C(C)=NC3CC4=C(CCCC4)CC23)C=C1. The van der Waals surface area contributed by atoms with Gasteiger partial charge in [0.15, 0.2) is 6.10 Å². The number of hydrogen-bond acceptors (Lipinski definition) is 3. The van der Waals surface area contributed by atoms with E-state index in [0.29, 0.717) is 0 Å². The Morgan fingerprint density at radius 2 is 1.84 bits per heavy atom. The van der Waals surface area contributed by atoms with E-state index in [1.54, 1.807) is 11.1 Å². The number of nitrogens with zero attached hydrogens (tertiary/aromatic N) is 1. The lowest BCUT2D eigenvalue weighted by molar-refractivity contribution is -0.155. The molecule has 31 heavy (non-hydrogen) atoms. The van der Waals surface area contributed by atoms with Crippen molar-refractivity contribution in [3.05, 3.63) is 46.1 Å². The normalized spacial score (nSPS) is 29.8. The third-order valence-electron chi connectivity index (χ3n) is 7.20. The first-order valence-electron chi connectivity index (χ1n) is 11.9. The number of carboxylic acid groups (broad SMARTS) is 1. The molecule has 0 bridgehead atoms. The predicted octanol–water partition coefficient (Wildman–Crippen LogP) is 6.20. The highest BCUT2D eigenvalue weighted by Gasteiger charge is 2.43. The molecule has 168 valence electrons. The monoisotopic (exact) mass is 423 g/mol. The average Bonchev–Trinajstić information content (AvgIpc) is 2.70. The number of carbonyl (C=O) groups is 1. The van der Waals surface area contributed by atoms with Crippen LogP contribution in [-0.2, 0) is 9.53 Å². The molecule has 4 nitrogen and oxygen atoms in total. The molecule has 4 atom stereocenters. The lowest BCUT2D eigenvalue weighted by Gasteiger charge is -2.43. The lowest BCUT2D eigenvalue weighted by atomic mass is 9.66. The second-order valence-electron chi connectivity index (χ2n) is 10.7. The van der Waals surface area contributed by atoms with E-state index in [-0.39, 0.29) is 17.9 Å². The van der Waals surface area contributed by atoms with Crippen LogP contribution < -0.4 is 0 Å². The van der Waals surface area contributed by atoms with Gasteiger partial charge in [-0.3, -0.25) is 4.99 Å². The van der Waals surface area contributed by atoms with E-state index >= 15 is 0 Å². The largest absolute Gasteiger partial charge is 0.479 e. The highest BCUT2D eigenvalue weighted by atomic mass is 16.5. The van der Waals surface area contributed by atoms with Gasteiger partial charge in [0.1, 0.15) is 0 Å². The second kappa shape index (κ2) is 8.54. The van der Waals surface area contributed by atoms with Crippen LogP contribution in [-0.4, -0.2) is 34.5 Å². The van der Waals surface area contributed by atoms with Crippen molar-refractivity contribution in [1.29, 1.82) is 0 Å². The molecule has 3 aliphatic carbocycles. The zero-order chi connectivity index (χ0) is 22.3. The molecule has 0 aromatic heterocycles. The standard InChI is InChI=1S/C27H37NO3/c1-16-10-12-18(13-11-16)24-21-14-19-8-6-7-9-20(19)15-22(21)28-17(2)23(24)25(26(29)30)31-27(3,4)5/h10-12,18,21-22,25H,6-9,13-15H2,1-5H3,(H,29,30). The third-order valence-corrected chi connectivity index (χ3v) is 7.20. The van der Waals surface area contributed by atoms with Gasteiger partial charge < -0.3 is 9.84 Å². The van der Waals surface area contributed by atoms with Crippen LogP contribution in [0.25, 0.3) is 0 Å². The summed E-state index contributed by atoms with van der Waals surface area (Å²) in [7, 11) is 0. The van der Waals surface area contributed by atoms with Gasteiger partial charge in [0.2, 0.25) is 0 Å². The maximum absolute atomic E-state index is 12.4. The fraction of sp³-hybridized carbons (Fsp3) is 0.630. The predicted molar refractivity (Wildman–Crippen MR) is 125 cm³/mol. The zero-order valence-electron chi connectivity index (χ0n) is 19.7. The summed E-state index contributed by atoms with van der Waals surface area (Å²) < 4.78 is 6.15. The fourth-order valence-corrected chi connectivity index (χ4v) is 5.86. The molecule has 1 N–H and O–H groups in total. The molecule has 0 fully saturated rings. The van der Waals surface area contributed by atoms with E-state index in [0.717, 1.165) is 30.5 Å². The Morgan fingerprint density at radius 3 is 2.42 bits per heavy atom. The highest BCUT2D eigenvalue weighted by Crippen LogP contribution is 2.48. The van der Waals surface area contributed by atoms with Crippen LogP contribution in [0.2, 0.25) is 0 Å². The molecule has 1 aliphatic heterocycles. The minimum absolute atomic E-state index is 0.216. The van der Waals surface area contributed by atoms with Gasteiger partial charge in [-0.05, 0) is 85.1 Å². The van der Waals surface area contributed by atoms with Crippen LogP contribution in [0.3, 0.4) is 0 Å². The van der Waals surface area contributed by atoms with Gasteiger partial charge in [0.05, 0.1) is 11.6 Å². The molecule has 0 aromatic rings. The molecule has 0 aromatic carbocycles. The summed E-state index contributed by atoms with van der Waals surface area (Å²) in [5.74, 6) is -0.425. The first-order chi connectivity index (χ1) is 14.6. The highest BCUT2D eigenvalue weighted by molar-refractivity contribution is 6.05. The molecule has 0 saturated heterocycles. The number of fused-ring (bicyclic) bond motifs is 1.